The number of urea groups is 1. The lowest BCUT2D eigenvalue weighted by Gasteiger charge is -2.26. The summed E-state index contributed by atoms with van der Waals surface area (Å²) in [5.74, 6) is -0.938. The number of nitrogens with one attached hydrogen (secondary N) is 1. The summed E-state index contributed by atoms with van der Waals surface area (Å²) in [6.45, 7) is 6.72. The Labute approximate surface area is 125 Å². The van der Waals surface area contributed by atoms with Gasteiger partial charge in [0.15, 0.2) is 0 Å². The average Bonchev–Trinajstić information content (AvgIpc) is 2.87. The number of nitrogens with zero attached hydrogens (tertiary/aromatic N) is 1. The van der Waals surface area contributed by atoms with E-state index in [1.165, 1.54) is 4.90 Å². The zero-order valence-corrected chi connectivity index (χ0v) is 12.7. The first-order chi connectivity index (χ1) is 9.80. The predicted molar refractivity (Wildman–Crippen MR) is 81.5 cm³/mol. The van der Waals surface area contributed by atoms with Crippen LogP contribution in [0.5, 0.6) is 0 Å². The number of benzene rings is 1. The quantitative estimate of drug-likeness (QED) is 0.879. The zero-order valence-electron chi connectivity index (χ0n) is 12.7. The lowest BCUT2D eigenvalue weighted by Crippen LogP contribution is -2.43. The third-order valence-corrected chi connectivity index (χ3v) is 3.78. The third-order valence-electron chi connectivity index (χ3n) is 3.78. The number of rotatable bonds is 2. The summed E-state index contributed by atoms with van der Waals surface area (Å²) in [6, 6.07) is 6.58. The van der Waals surface area contributed by atoms with Crippen LogP contribution in [0.25, 0.3) is 0 Å². The molecule has 0 saturated carbocycles. The number of hydrogen-bond acceptors (Lipinski definition) is 2. The van der Waals surface area contributed by atoms with Crippen molar-refractivity contribution in [2.24, 2.45) is 0 Å². The van der Waals surface area contributed by atoms with E-state index in [4.69, 9.17) is 5.11 Å². The summed E-state index contributed by atoms with van der Waals surface area (Å²) in [7, 11) is 0. The smallest absolute Gasteiger partial charge is 0.326 e. The molecule has 114 valence electrons. The predicted octanol–water partition coefficient (Wildman–Crippen LogP) is 3.07. The molecule has 1 saturated heterocycles. The topological polar surface area (TPSA) is 69.6 Å². The molecule has 1 aliphatic rings. The van der Waals surface area contributed by atoms with Gasteiger partial charge in [-0.15, -0.1) is 0 Å². The maximum atomic E-state index is 12.4. The van der Waals surface area contributed by atoms with Gasteiger partial charge in [-0.05, 0) is 29.9 Å². The highest BCUT2D eigenvalue weighted by molar-refractivity contribution is 5.93. The molecule has 0 unspecified atom stereocenters. The third kappa shape index (κ3) is 3.35. The second-order valence-corrected chi connectivity index (χ2v) is 6.42. The number of carbonyl (C=O) groups excluding carboxylic acids is 1. The van der Waals surface area contributed by atoms with E-state index in [0.29, 0.717) is 13.0 Å². The molecule has 2 N–H and O–H groups in total. The summed E-state index contributed by atoms with van der Waals surface area (Å²) in [5, 5.41) is 12.0. The maximum absolute atomic E-state index is 12.4. The van der Waals surface area contributed by atoms with Crippen molar-refractivity contribution in [2.45, 2.75) is 45.1 Å². The van der Waals surface area contributed by atoms with Gasteiger partial charge in [0.2, 0.25) is 0 Å². The van der Waals surface area contributed by atoms with E-state index < -0.39 is 12.0 Å². The number of likely N-dealkylation sites (tertiary alicyclic amines) is 1. The fourth-order valence-corrected chi connectivity index (χ4v) is 2.70. The summed E-state index contributed by atoms with van der Waals surface area (Å²) < 4.78 is 0. The van der Waals surface area contributed by atoms with Gasteiger partial charge in [-0.2, -0.15) is 0 Å². The van der Waals surface area contributed by atoms with Gasteiger partial charge in [0.05, 0.1) is 0 Å². The fourth-order valence-electron chi connectivity index (χ4n) is 2.70. The van der Waals surface area contributed by atoms with Crippen molar-refractivity contribution < 1.29 is 14.7 Å². The van der Waals surface area contributed by atoms with Gasteiger partial charge in [-0.3, -0.25) is 0 Å². The first-order valence-corrected chi connectivity index (χ1v) is 7.20. The molecule has 2 amide bonds. The van der Waals surface area contributed by atoms with Crippen LogP contribution in [0, 0.1) is 0 Å². The Hall–Kier alpha value is -2.04. The van der Waals surface area contributed by atoms with Crippen LogP contribution >= 0.6 is 0 Å². The second-order valence-electron chi connectivity index (χ2n) is 6.42. The highest BCUT2D eigenvalue weighted by Crippen LogP contribution is 2.30. The first kappa shape index (κ1) is 15.4. The minimum Gasteiger partial charge on any atom is -0.480 e. The van der Waals surface area contributed by atoms with Crippen molar-refractivity contribution >= 4 is 17.7 Å². The van der Waals surface area contributed by atoms with Gasteiger partial charge >= 0.3 is 12.0 Å². The number of hydrogen-bond donors (Lipinski definition) is 2. The van der Waals surface area contributed by atoms with Gasteiger partial charge in [0.1, 0.15) is 6.04 Å². The van der Waals surface area contributed by atoms with E-state index in [-0.39, 0.29) is 11.4 Å². The number of amides is 2. The SMILES string of the molecule is CC(C)(C)c1ccccc1NC(=O)N1CCC[C@H]1C(=O)O. The average molecular weight is 290 g/mol. The summed E-state index contributed by atoms with van der Waals surface area (Å²) >= 11 is 0. The van der Waals surface area contributed by atoms with Crippen LogP contribution in [-0.2, 0) is 10.2 Å². The molecule has 0 aliphatic carbocycles. The van der Waals surface area contributed by atoms with Gasteiger partial charge in [0, 0.05) is 12.2 Å². The minimum atomic E-state index is -0.938. The van der Waals surface area contributed by atoms with Gasteiger partial charge in [-0.1, -0.05) is 39.0 Å². The molecule has 5 heteroatoms. The monoisotopic (exact) mass is 290 g/mol. The van der Waals surface area contributed by atoms with Crippen molar-refractivity contribution in [3.63, 3.8) is 0 Å². The van der Waals surface area contributed by atoms with Gasteiger partial charge in [0.25, 0.3) is 0 Å². The first-order valence-electron chi connectivity index (χ1n) is 7.20. The van der Waals surface area contributed by atoms with E-state index in [1.54, 1.807) is 0 Å². The molecule has 2 rings (SSSR count). The highest BCUT2D eigenvalue weighted by Gasteiger charge is 2.34. The Kier molecular flexibility index (Phi) is 4.21. The fraction of sp³-hybridized carbons (Fsp3) is 0.500. The van der Waals surface area contributed by atoms with Crippen LogP contribution in [-0.4, -0.2) is 34.6 Å². The number of anilines is 1. The Morgan fingerprint density at radius 3 is 2.57 bits per heavy atom. The maximum Gasteiger partial charge on any atom is 0.326 e. The molecule has 1 aromatic rings. The summed E-state index contributed by atoms with van der Waals surface area (Å²) in [4.78, 5) is 24.9. The van der Waals surface area contributed by atoms with Crippen molar-refractivity contribution in [1.29, 1.82) is 0 Å². The van der Waals surface area contributed by atoms with Crippen LogP contribution < -0.4 is 5.32 Å². The molecule has 1 aromatic carbocycles. The van der Waals surface area contributed by atoms with E-state index in [9.17, 15) is 9.59 Å². The van der Waals surface area contributed by atoms with Crippen molar-refractivity contribution in [3.8, 4) is 0 Å². The van der Waals surface area contributed by atoms with E-state index >= 15 is 0 Å². The normalized spacial score (nSPS) is 18.6. The standard InChI is InChI=1S/C16H22N2O3/c1-16(2,3)11-7-4-5-8-12(11)17-15(21)18-10-6-9-13(18)14(19)20/h4-5,7-8,13H,6,9-10H2,1-3H3,(H,17,21)(H,19,20)/t13-/m0/s1. The van der Waals surface area contributed by atoms with Crippen LogP contribution in [0.1, 0.15) is 39.2 Å². The van der Waals surface area contributed by atoms with Crippen molar-refractivity contribution in [2.75, 3.05) is 11.9 Å². The molecule has 1 fully saturated rings. The Morgan fingerprint density at radius 1 is 1.29 bits per heavy atom. The Bertz CT molecular complexity index is 549. The van der Waals surface area contributed by atoms with Crippen LogP contribution in [0.2, 0.25) is 0 Å². The summed E-state index contributed by atoms with van der Waals surface area (Å²) in [5.41, 5.74) is 1.68. The van der Waals surface area contributed by atoms with E-state index in [0.717, 1.165) is 17.7 Å². The summed E-state index contributed by atoms with van der Waals surface area (Å²) in [6.07, 6.45) is 1.25. The number of carbonyl (C=O) groups is 2. The van der Waals surface area contributed by atoms with Crippen molar-refractivity contribution in [1.82, 2.24) is 4.90 Å². The molecule has 1 heterocycles. The lowest BCUT2D eigenvalue weighted by molar-refractivity contribution is -0.141. The van der Waals surface area contributed by atoms with E-state index in [2.05, 4.69) is 26.1 Å². The number of aliphatic carboxylic acids is 1. The number of para-hydroxylation sites is 1. The van der Waals surface area contributed by atoms with Crippen LogP contribution in [0.4, 0.5) is 10.5 Å². The largest absolute Gasteiger partial charge is 0.480 e. The molecular formula is C16H22N2O3. The zero-order chi connectivity index (χ0) is 15.6. The highest BCUT2D eigenvalue weighted by atomic mass is 16.4. The van der Waals surface area contributed by atoms with Crippen molar-refractivity contribution in [3.05, 3.63) is 29.8 Å². The number of carboxylic acids is 1. The number of carboxylic acid groups (broad SMARTS) is 1. The lowest BCUT2D eigenvalue weighted by atomic mass is 9.86. The van der Waals surface area contributed by atoms with Gasteiger partial charge in [-0.25, -0.2) is 9.59 Å². The Morgan fingerprint density at radius 2 is 1.95 bits per heavy atom. The van der Waals surface area contributed by atoms with E-state index in [1.807, 2.05) is 24.3 Å². The molecule has 0 aromatic heterocycles. The minimum absolute atomic E-state index is 0.0961. The molecule has 0 spiro atoms. The Balaban J connectivity index is 2.19. The molecule has 1 atom stereocenters. The van der Waals surface area contributed by atoms with Gasteiger partial charge < -0.3 is 15.3 Å². The molecular weight excluding hydrogens is 268 g/mol. The molecule has 0 radical (unpaired) electrons. The molecule has 21 heavy (non-hydrogen) atoms. The van der Waals surface area contributed by atoms with Crippen LogP contribution in [0.15, 0.2) is 24.3 Å². The second kappa shape index (κ2) is 5.76. The molecule has 0 bridgehead atoms. The molecule has 5 nitrogen and oxygen atoms in total. The molecule has 1 aliphatic heterocycles. The van der Waals surface area contributed by atoms with Crippen LogP contribution in [0.3, 0.4) is 0 Å².